The highest BCUT2D eigenvalue weighted by atomic mass is 19.1. The third-order valence-electron chi connectivity index (χ3n) is 4.67. The summed E-state index contributed by atoms with van der Waals surface area (Å²) in [5.41, 5.74) is 1.80. The molecule has 1 aliphatic heterocycles. The molecule has 1 aliphatic rings. The van der Waals surface area contributed by atoms with E-state index in [1.807, 2.05) is 12.1 Å². The first-order chi connectivity index (χ1) is 13.2. The average Bonchev–Trinajstić information content (AvgIpc) is 3.12. The number of hydrogen-bond acceptors (Lipinski definition) is 4. The number of rotatable bonds is 4. The molecule has 0 atom stereocenters. The first-order valence-electron chi connectivity index (χ1n) is 8.83. The predicted octanol–water partition coefficient (Wildman–Crippen LogP) is 3.68. The van der Waals surface area contributed by atoms with Crippen LogP contribution in [-0.2, 0) is 13.0 Å². The van der Waals surface area contributed by atoms with E-state index >= 15 is 0 Å². The number of ether oxygens (including phenoxy) is 1. The van der Waals surface area contributed by atoms with Crippen molar-refractivity contribution in [3.8, 4) is 17.1 Å². The van der Waals surface area contributed by atoms with Gasteiger partial charge in [0, 0.05) is 29.8 Å². The van der Waals surface area contributed by atoms with Crippen LogP contribution in [0.15, 0.2) is 42.5 Å². The summed E-state index contributed by atoms with van der Waals surface area (Å²) >= 11 is 0. The number of methoxy groups -OCH3 is 1. The van der Waals surface area contributed by atoms with Crippen LogP contribution in [0.1, 0.15) is 29.0 Å². The van der Waals surface area contributed by atoms with Gasteiger partial charge in [-0.05, 0) is 55.3 Å². The Kier molecular flexibility index (Phi) is 4.58. The molecule has 138 valence electrons. The molecule has 0 saturated carbocycles. The van der Waals surface area contributed by atoms with Crippen LogP contribution in [-0.4, -0.2) is 27.8 Å². The third kappa shape index (κ3) is 3.40. The SMILES string of the molecule is COc1ccc(C(=O)Nc2ccc(-c3nnc4n3CCCC4)cc2)cc1F. The molecule has 0 bridgehead atoms. The van der Waals surface area contributed by atoms with Gasteiger partial charge < -0.3 is 14.6 Å². The Morgan fingerprint density at radius 3 is 2.70 bits per heavy atom. The van der Waals surface area contributed by atoms with Crippen molar-refractivity contribution in [3.63, 3.8) is 0 Å². The second kappa shape index (κ2) is 7.19. The summed E-state index contributed by atoms with van der Waals surface area (Å²) in [5, 5.41) is 11.3. The Morgan fingerprint density at radius 2 is 1.96 bits per heavy atom. The molecule has 0 spiro atoms. The van der Waals surface area contributed by atoms with E-state index in [4.69, 9.17) is 4.74 Å². The lowest BCUT2D eigenvalue weighted by molar-refractivity contribution is 0.102. The highest BCUT2D eigenvalue weighted by Crippen LogP contribution is 2.24. The van der Waals surface area contributed by atoms with E-state index in [0.29, 0.717) is 5.69 Å². The van der Waals surface area contributed by atoms with E-state index in [2.05, 4.69) is 20.1 Å². The number of amides is 1. The summed E-state index contributed by atoms with van der Waals surface area (Å²) in [6.45, 7) is 0.930. The van der Waals surface area contributed by atoms with Gasteiger partial charge in [-0.2, -0.15) is 0 Å². The molecule has 0 saturated heterocycles. The number of fused-ring (bicyclic) bond motifs is 1. The Labute approximate surface area is 156 Å². The van der Waals surface area contributed by atoms with E-state index in [9.17, 15) is 9.18 Å². The molecule has 4 rings (SSSR count). The number of nitrogens with zero attached hydrogens (tertiary/aromatic N) is 3. The van der Waals surface area contributed by atoms with Crippen molar-refractivity contribution in [2.24, 2.45) is 0 Å². The molecular formula is C20H19FN4O2. The van der Waals surface area contributed by atoms with Crippen LogP contribution in [0.2, 0.25) is 0 Å². The van der Waals surface area contributed by atoms with Gasteiger partial charge >= 0.3 is 0 Å². The van der Waals surface area contributed by atoms with E-state index in [1.54, 1.807) is 12.1 Å². The second-order valence-electron chi connectivity index (χ2n) is 6.43. The number of carbonyl (C=O) groups is 1. The Hall–Kier alpha value is -3.22. The number of aromatic nitrogens is 3. The molecule has 2 aromatic carbocycles. The fourth-order valence-electron chi connectivity index (χ4n) is 3.24. The topological polar surface area (TPSA) is 69.0 Å². The van der Waals surface area contributed by atoms with E-state index in [-0.39, 0.29) is 17.2 Å². The molecule has 1 N–H and O–H groups in total. The van der Waals surface area contributed by atoms with Crippen LogP contribution in [0.3, 0.4) is 0 Å². The number of carbonyl (C=O) groups excluding carboxylic acids is 1. The van der Waals surface area contributed by atoms with Gasteiger partial charge in [-0.25, -0.2) is 4.39 Å². The lowest BCUT2D eigenvalue weighted by Gasteiger charge is -2.14. The molecule has 6 nitrogen and oxygen atoms in total. The molecule has 0 radical (unpaired) electrons. The van der Waals surface area contributed by atoms with Gasteiger partial charge in [0.15, 0.2) is 17.4 Å². The van der Waals surface area contributed by atoms with Crippen molar-refractivity contribution in [2.45, 2.75) is 25.8 Å². The van der Waals surface area contributed by atoms with Crippen LogP contribution >= 0.6 is 0 Å². The first kappa shape index (κ1) is 17.2. The van der Waals surface area contributed by atoms with Gasteiger partial charge in [0.1, 0.15) is 5.82 Å². The summed E-state index contributed by atoms with van der Waals surface area (Å²) in [4.78, 5) is 12.3. The minimum Gasteiger partial charge on any atom is -0.494 e. The smallest absolute Gasteiger partial charge is 0.255 e. The van der Waals surface area contributed by atoms with E-state index < -0.39 is 5.82 Å². The predicted molar refractivity (Wildman–Crippen MR) is 99.3 cm³/mol. The summed E-state index contributed by atoms with van der Waals surface area (Å²) in [5.74, 6) is 1.02. The quantitative estimate of drug-likeness (QED) is 0.765. The monoisotopic (exact) mass is 366 g/mol. The van der Waals surface area contributed by atoms with Gasteiger partial charge in [0.2, 0.25) is 0 Å². The largest absolute Gasteiger partial charge is 0.494 e. The lowest BCUT2D eigenvalue weighted by Crippen LogP contribution is -2.12. The summed E-state index contributed by atoms with van der Waals surface area (Å²) in [6.07, 6.45) is 3.24. The van der Waals surface area contributed by atoms with Gasteiger partial charge in [0.25, 0.3) is 5.91 Å². The molecule has 1 amide bonds. The Morgan fingerprint density at radius 1 is 1.15 bits per heavy atom. The molecule has 0 unspecified atom stereocenters. The number of anilines is 1. The van der Waals surface area contributed by atoms with Crippen LogP contribution in [0.25, 0.3) is 11.4 Å². The van der Waals surface area contributed by atoms with Gasteiger partial charge in [-0.1, -0.05) is 0 Å². The van der Waals surface area contributed by atoms with Crippen molar-refractivity contribution in [2.75, 3.05) is 12.4 Å². The highest BCUT2D eigenvalue weighted by Gasteiger charge is 2.17. The van der Waals surface area contributed by atoms with Gasteiger partial charge in [-0.3, -0.25) is 4.79 Å². The van der Waals surface area contributed by atoms with Crippen LogP contribution in [0, 0.1) is 5.82 Å². The molecule has 0 fully saturated rings. The van der Waals surface area contributed by atoms with Gasteiger partial charge in [-0.15, -0.1) is 10.2 Å². The summed E-state index contributed by atoms with van der Waals surface area (Å²) in [7, 11) is 1.38. The highest BCUT2D eigenvalue weighted by molar-refractivity contribution is 6.04. The fraction of sp³-hybridized carbons (Fsp3) is 0.250. The zero-order chi connectivity index (χ0) is 18.8. The van der Waals surface area contributed by atoms with Crippen molar-refractivity contribution >= 4 is 11.6 Å². The average molecular weight is 366 g/mol. The molecule has 3 aromatic rings. The molecule has 2 heterocycles. The zero-order valence-corrected chi connectivity index (χ0v) is 14.9. The van der Waals surface area contributed by atoms with E-state index in [1.165, 1.54) is 19.2 Å². The first-order valence-corrected chi connectivity index (χ1v) is 8.83. The third-order valence-corrected chi connectivity index (χ3v) is 4.67. The molecule has 0 aliphatic carbocycles. The Balaban J connectivity index is 1.50. The number of benzene rings is 2. The van der Waals surface area contributed by atoms with Gasteiger partial charge in [0.05, 0.1) is 7.11 Å². The van der Waals surface area contributed by atoms with Crippen molar-refractivity contribution < 1.29 is 13.9 Å². The molecular weight excluding hydrogens is 347 g/mol. The van der Waals surface area contributed by atoms with E-state index in [0.717, 1.165) is 49.1 Å². The minimum atomic E-state index is -0.572. The maximum Gasteiger partial charge on any atom is 0.255 e. The summed E-state index contributed by atoms with van der Waals surface area (Å²) in [6, 6.07) is 11.5. The summed E-state index contributed by atoms with van der Waals surface area (Å²) < 4.78 is 20.8. The van der Waals surface area contributed by atoms with Crippen molar-refractivity contribution in [3.05, 3.63) is 59.7 Å². The Bertz CT molecular complexity index is 982. The van der Waals surface area contributed by atoms with Crippen LogP contribution in [0.4, 0.5) is 10.1 Å². The zero-order valence-electron chi connectivity index (χ0n) is 14.9. The number of aryl methyl sites for hydroxylation is 1. The molecule has 27 heavy (non-hydrogen) atoms. The molecule has 1 aromatic heterocycles. The van der Waals surface area contributed by atoms with Crippen LogP contribution < -0.4 is 10.1 Å². The van der Waals surface area contributed by atoms with Crippen molar-refractivity contribution in [1.82, 2.24) is 14.8 Å². The second-order valence-corrected chi connectivity index (χ2v) is 6.43. The number of hydrogen-bond donors (Lipinski definition) is 1. The molecule has 7 heteroatoms. The minimum absolute atomic E-state index is 0.104. The maximum absolute atomic E-state index is 13.8. The standard InChI is InChI=1S/C20H19FN4O2/c1-27-17-10-7-14(12-16(17)21)20(26)22-15-8-5-13(6-9-15)19-24-23-18-4-2-3-11-25(18)19/h5-10,12H,2-4,11H2,1H3,(H,22,26). The van der Waals surface area contributed by atoms with Crippen LogP contribution in [0.5, 0.6) is 5.75 Å². The van der Waals surface area contributed by atoms with Crippen molar-refractivity contribution in [1.29, 1.82) is 0 Å². The fourth-order valence-corrected chi connectivity index (χ4v) is 3.24. The maximum atomic E-state index is 13.8. The number of nitrogens with one attached hydrogen (secondary N) is 1. The normalized spacial score (nSPS) is 13.1. The lowest BCUT2D eigenvalue weighted by atomic mass is 10.1. The number of halogens is 1.